The smallest absolute Gasteiger partial charge is 0.252 e. The fraction of sp³-hybridized carbons (Fsp3) is 0.417. The van der Waals surface area contributed by atoms with Gasteiger partial charge < -0.3 is 5.32 Å². The maximum atomic E-state index is 11.9. The van der Waals surface area contributed by atoms with E-state index in [4.69, 9.17) is 23.2 Å². The van der Waals surface area contributed by atoms with Crippen molar-refractivity contribution in [3.8, 4) is 0 Å². The summed E-state index contributed by atoms with van der Waals surface area (Å²) in [6.07, 6.45) is 2.31. The molecule has 17 heavy (non-hydrogen) atoms. The largest absolute Gasteiger partial charge is 0.351 e. The number of benzene rings is 1. The van der Waals surface area contributed by atoms with Crippen LogP contribution in [-0.2, 0) is 0 Å². The molecule has 5 heteroatoms. The highest BCUT2D eigenvalue weighted by atomic mass is 79.9. The summed E-state index contributed by atoms with van der Waals surface area (Å²) >= 11 is 15.3. The lowest BCUT2D eigenvalue weighted by atomic mass is 10.1. The molecule has 0 atom stereocenters. The molecule has 2 rings (SSSR count). The molecule has 0 aromatic heterocycles. The van der Waals surface area contributed by atoms with Crippen LogP contribution in [0.4, 0.5) is 0 Å². The summed E-state index contributed by atoms with van der Waals surface area (Å²) < 4.78 is 0. The number of hydrogen-bond donors (Lipinski definition) is 1. The average molecular weight is 337 g/mol. The van der Waals surface area contributed by atoms with E-state index < -0.39 is 0 Å². The van der Waals surface area contributed by atoms with Crippen LogP contribution in [0.15, 0.2) is 18.2 Å². The summed E-state index contributed by atoms with van der Waals surface area (Å²) in [4.78, 5) is 11.9. The quantitative estimate of drug-likeness (QED) is 0.830. The molecule has 1 aliphatic rings. The summed E-state index contributed by atoms with van der Waals surface area (Å²) in [5, 5.41) is 4.55. The van der Waals surface area contributed by atoms with Gasteiger partial charge in [-0.05, 0) is 30.4 Å². The number of carbonyl (C=O) groups excluding carboxylic acids is 1. The highest BCUT2D eigenvalue weighted by molar-refractivity contribution is 9.09. The monoisotopic (exact) mass is 335 g/mol. The van der Waals surface area contributed by atoms with Crippen LogP contribution in [0.1, 0.15) is 23.2 Å². The van der Waals surface area contributed by atoms with Crippen molar-refractivity contribution < 1.29 is 4.79 Å². The number of amides is 1. The van der Waals surface area contributed by atoms with E-state index in [1.165, 1.54) is 0 Å². The van der Waals surface area contributed by atoms with Gasteiger partial charge in [-0.1, -0.05) is 45.2 Å². The van der Waals surface area contributed by atoms with Crippen molar-refractivity contribution in [1.82, 2.24) is 5.32 Å². The zero-order valence-corrected chi connectivity index (χ0v) is 12.2. The Hall–Kier alpha value is -0.250. The molecule has 0 heterocycles. The van der Waals surface area contributed by atoms with Crippen LogP contribution in [0, 0.1) is 5.41 Å². The van der Waals surface area contributed by atoms with Gasteiger partial charge in [0.1, 0.15) is 0 Å². The number of carbonyl (C=O) groups is 1. The highest BCUT2D eigenvalue weighted by Gasteiger charge is 2.41. The molecule has 0 radical (unpaired) electrons. The Balaban J connectivity index is 2.02. The van der Waals surface area contributed by atoms with E-state index in [0.29, 0.717) is 22.2 Å². The van der Waals surface area contributed by atoms with Crippen molar-refractivity contribution in [2.24, 2.45) is 5.41 Å². The summed E-state index contributed by atoms with van der Waals surface area (Å²) in [5.74, 6) is -0.162. The van der Waals surface area contributed by atoms with E-state index in [1.807, 2.05) is 0 Å². The predicted molar refractivity (Wildman–Crippen MR) is 74.3 cm³/mol. The number of alkyl halides is 1. The third-order valence-electron chi connectivity index (χ3n) is 3.06. The molecular formula is C12H12BrCl2NO. The third-order valence-corrected chi connectivity index (χ3v) is 5.07. The van der Waals surface area contributed by atoms with Crippen molar-refractivity contribution in [2.75, 3.05) is 11.9 Å². The topological polar surface area (TPSA) is 29.1 Å². The maximum Gasteiger partial charge on any atom is 0.252 e. The zero-order chi connectivity index (χ0) is 12.5. The van der Waals surface area contributed by atoms with E-state index in [9.17, 15) is 4.79 Å². The molecule has 92 valence electrons. The minimum atomic E-state index is -0.162. The fourth-order valence-electron chi connectivity index (χ4n) is 1.58. The fourth-order valence-corrected chi connectivity index (χ4v) is 2.72. The zero-order valence-electron chi connectivity index (χ0n) is 9.10. The second-order valence-electron chi connectivity index (χ2n) is 4.42. The van der Waals surface area contributed by atoms with E-state index in [1.54, 1.807) is 18.2 Å². The van der Waals surface area contributed by atoms with Gasteiger partial charge >= 0.3 is 0 Å². The minimum Gasteiger partial charge on any atom is -0.351 e. The lowest BCUT2D eigenvalue weighted by Crippen LogP contribution is -2.31. The average Bonchev–Trinajstić information content (AvgIpc) is 3.10. The third kappa shape index (κ3) is 2.95. The first-order valence-corrected chi connectivity index (χ1v) is 7.24. The first-order chi connectivity index (χ1) is 8.08. The molecule has 0 unspecified atom stereocenters. The van der Waals surface area contributed by atoms with Crippen LogP contribution >= 0.6 is 39.1 Å². The summed E-state index contributed by atoms with van der Waals surface area (Å²) in [6, 6.07) is 5.07. The van der Waals surface area contributed by atoms with Gasteiger partial charge in [-0.3, -0.25) is 4.79 Å². The van der Waals surface area contributed by atoms with Crippen LogP contribution in [0.5, 0.6) is 0 Å². The highest BCUT2D eigenvalue weighted by Crippen LogP contribution is 2.46. The van der Waals surface area contributed by atoms with Gasteiger partial charge in [-0.15, -0.1) is 0 Å². The molecular weight excluding hydrogens is 325 g/mol. The Labute approximate surface area is 119 Å². The SMILES string of the molecule is O=C(NCC1(CBr)CC1)c1cccc(Cl)c1Cl. The van der Waals surface area contributed by atoms with Gasteiger partial charge in [-0.2, -0.15) is 0 Å². The first-order valence-electron chi connectivity index (χ1n) is 5.36. The van der Waals surface area contributed by atoms with Crippen LogP contribution in [0.3, 0.4) is 0 Å². The second kappa shape index (κ2) is 5.17. The summed E-state index contributed by atoms with van der Waals surface area (Å²) in [5.41, 5.74) is 0.685. The van der Waals surface area contributed by atoms with Gasteiger partial charge in [0.2, 0.25) is 0 Å². The van der Waals surface area contributed by atoms with Gasteiger partial charge in [0.25, 0.3) is 5.91 Å². The molecule has 1 N–H and O–H groups in total. The summed E-state index contributed by atoms with van der Waals surface area (Å²) in [6.45, 7) is 0.680. The Bertz CT molecular complexity index is 446. The molecule has 0 aliphatic heterocycles. The van der Waals surface area contributed by atoms with Crippen molar-refractivity contribution in [1.29, 1.82) is 0 Å². The van der Waals surface area contributed by atoms with Crippen molar-refractivity contribution >= 4 is 45.0 Å². The minimum absolute atomic E-state index is 0.162. The molecule has 2 nitrogen and oxygen atoms in total. The Morgan fingerprint density at radius 1 is 1.41 bits per heavy atom. The van der Waals surface area contributed by atoms with Gasteiger partial charge in [0.15, 0.2) is 0 Å². The molecule has 0 bridgehead atoms. The number of nitrogens with one attached hydrogen (secondary N) is 1. The number of hydrogen-bond acceptors (Lipinski definition) is 1. The Morgan fingerprint density at radius 2 is 2.12 bits per heavy atom. The standard InChI is InChI=1S/C12H12BrCl2NO/c13-6-12(4-5-12)7-16-11(17)8-2-1-3-9(14)10(8)15/h1-3H,4-7H2,(H,16,17). The molecule has 1 aliphatic carbocycles. The molecule has 0 spiro atoms. The van der Waals surface area contributed by atoms with Crippen molar-refractivity contribution in [3.63, 3.8) is 0 Å². The first kappa shape index (κ1) is 13.2. The Kier molecular flexibility index (Phi) is 4.01. The number of halogens is 3. The molecule has 1 aromatic carbocycles. The van der Waals surface area contributed by atoms with E-state index in [2.05, 4.69) is 21.2 Å². The summed E-state index contributed by atoms with van der Waals surface area (Å²) in [7, 11) is 0. The Morgan fingerprint density at radius 3 is 2.71 bits per heavy atom. The molecule has 1 fully saturated rings. The number of rotatable bonds is 4. The molecule has 1 aromatic rings. The van der Waals surface area contributed by atoms with Gasteiger partial charge in [0, 0.05) is 11.9 Å². The normalized spacial score (nSPS) is 16.6. The maximum absolute atomic E-state index is 11.9. The van der Waals surface area contributed by atoms with Crippen LogP contribution in [-0.4, -0.2) is 17.8 Å². The van der Waals surface area contributed by atoms with Crippen LogP contribution in [0.25, 0.3) is 0 Å². The molecule has 1 amide bonds. The molecule has 1 saturated carbocycles. The lowest BCUT2D eigenvalue weighted by molar-refractivity contribution is 0.0946. The van der Waals surface area contributed by atoms with Gasteiger partial charge in [0.05, 0.1) is 15.6 Å². The van der Waals surface area contributed by atoms with E-state index in [0.717, 1.165) is 18.2 Å². The van der Waals surface area contributed by atoms with E-state index >= 15 is 0 Å². The second-order valence-corrected chi connectivity index (χ2v) is 5.76. The van der Waals surface area contributed by atoms with Gasteiger partial charge in [-0.25, -0.2) is 0 Å². The van der Waals surface area contributed by atoms with Crippen LogP contribution < -0.4 is 5.32 Å². The van der Waals surface area contributed by atoms with E-state index in [-0.39, 0.29) is 11.3 Å². The van der Waals surface area contributed by atoms with Crippen molar-refractivity contribution in [2.45, 2.75) is 12.8 Å². The lowest BCUT2D eigenvalue weighted by Gasteiger charge is -2.13. The molecule has 0 saturated heterocycles. The predicted octanol–water partition coefficient (Wildman–Crippen LogP) is 3.90. The van der Waals surface area contributed by atoms with Crippen LogP contribution in [0.2, 0.25) is 10.0 Å². The van der Waals surface area contributed by atoms with Crippen molar-refractivity contribution in [3.05, 3.63) is 33.8 Å².